The number of aromatic nitrogens is 2. The van der Waals surface area contributed by atoms with Crippen LogP contribution in [0.2, 0.25) is 0 Å². The summed E-state index contributed by atoms with van der Waals surface area (Å²) in [5.41, 5.74) is 6.72. The Morgan fingerprint density at radius 3 is 2.63 bits per heavy atom. The van der Waals surface area contributed by atoms with E-state index in [1.807, 2.05) is 0 Å². The molecular formula is C14H19F2N3. The number of imidazole rings is 1. The Morgan fingerprint density at radius 1 is 1.32 bits per heavy atom. The lowest BCUT2D eigenvalue weighted by molar-refractivity contribution is 0.336. The lowest BCUT2D eigenvalue weighted by Gasteiger charge is -2.22. The van der Waals surface area contributed by atoms with E-state index in [1.165, 1.54) is 6.07 Å². The summed E-state index contributed by atoms with van der Waals surface area (Å²) in [6, 6.07) is 2.52. The van der Waals surface area contributed by atoms with Crippen molar-refractivity contribution in [2.24, 2.45) is 11.1 Å². The topological polar surface area (TPSA) is 54.7 Å². The first-order chi connectivity index (χ1) is 8.76. The van der Waals surface area contributed by atoms with E-state index in [0.717, 1.165) is 12.5 Å². The predicted octanol–water partition coefficient (Wildman–Crippen LogP) is 3.15. The number of rotatable bonds is 3. The van der Waals surface area contributed by atoms with Crippen LogP contribution in [0.15, 0.2) is 12.1 Å². The number of hydrogen-bond acceptors (Lipinski definition) is 2. The first-order valence-corrected chi connectivity index (χ1v) is 6.34. The Balaban J connectivity index is 2.20. The van der Waals surface area contributed by atoms with Crippen LogP contribution in [0.5, 0.6) is 0 Å². The maximum Gasteiger partial charge on any atom is 0.186 e. The molecule has 19 heavy (non-hydrogen) atoms. The predicted molar refractivity (Wildman–Crippen MR) is 71.8 cm³/mol. The van der Waals surface area contributed by atoms with Gasteiger partial charge in [0.25, 0.3) is 0 Å². The molecule has 1 unspecified atom stereocenters. The highest BCUT2D eigenvalue weighted by atomic mass is 19.2. The molecule has 0 saturated heterocycles. The van der Waals surface area contributed by atoms with Crippen molar-refractivity contribution < 1.29 is 8.78 Å². The molecule has 0 saturated carbocycles. The van der Waals surface area contributed by atoms with Crippen molar-refractivity contribution in [3.05, 3.63) is 29.6 Å². The molecule has 0 aliphatic carbocycles. The maximum absolute atomic E-state index is 13.5. The molecule has 0 aliphatic heterocycles. The minimum absolute atomic E-state index is 0.0398. The van der Waals surface area contributed by atoms with Gasteiger partial charge < -0.3 is 10.7 Å². The number of fused-ring (bicyclic) bond motifs is 1. The van der Waals surface area contributed by atoms with E-state index in [1.54, 1.807) is 0 Å². The van der Waals surface area contributed by atoms with E-state index in [4.69, 9.17) is 5.73 Å². The first-order valence-electron chi connectivity index (χ1n) is 6.34. The number of halogens is 2. The van der Waals surface area contributed by atoms with Gasteiger partial charge in [0.15, 0.2) is 11.6 Å². The van der Waals surface area contributed by atoms with E-state index in [2.05, 4.69) is 30.7 Å². The van der Waals surface area contributed by atoms with Crippen LogP contribution < -0.4 is 5.73 Å². The average Bonchev–Trinajstić information content (AvgIpc) is 2.64. The number of nitrogens with one attached hydrogen (secondary N) is 1. The van der Waals surface area contributed by atoms with Crippen LogP contribution in [0.1, 0.15) is 33.0 Å². The maximum atomic E-state index is 13.5. The van der Waals surface area contributed by atoms with Gasteiger partial charge in [-0.15, -0.1) is 0 Å². The lowest BCUT2D eigenvalue weighted by atomic mass is 9.87. The zero-order valence-corrected chi connectivity index (χ0v) is 11.4. The molecule has 104 valence electrons. The fourth-order valence-corrected chi connectivity index (χ4v) is 2.27. The number of nitrogens with two attached hydrogens (primary N) is 1. The zero-order chi connectivity index (χ0) is 14.2. The van der Waals surface area contributed by atoms with Gasteiger partial charge >= 0.3 is 0 Å². The quantitative estimate of drug-likeness (QED) is 0.897. The van der Waals surface area contributed by atoms with E-state index in [0.29, 0.717) is 17.8 Å². The molecule has 1 aromatic heterocycles. The van der Waals surface area contributed by atoms with Crippen molar-refractivity contribution in [3.63, 3.8) is 0 Å². The van der Waals surface area contributed by atoms with E-state index in [9.17, 15) is 8.78 Å². The summed E-state index contributed by atoms with van der Waals surface area (Å²) in [6.45, 7) is 6.33. The van der Waals surface area contributed by atoms with E-state index < -0.39 is 11.6 Å². The van der Waals surface area contributed by atoms with Crippen molar-refractivity contribution in [1.29, 1.82) is 0 Å². The van der Waals surface area contributed by atoms with Crippen molar-refractivity contribution in [2.45, 2.75) is 39.7 Å². The molecular weight excluding hydrogens is 248 g/mol. The van der Waals surface area contributed by atoms with Gasteiger partial charge in [-0.1, -0.05) is 20.8 Å². The molecule has 0 amide bonds. The molecule has 0 fully saturated rings. The minimum Gasteiger partial charge on any atom is -0.342 e. The first kappa shape index (κ1) is 13.9. The fraction of sp³-hybridized carbons (Fsp3) is 0.500. The number of aromatic amines is 1. The van der Waals surface area contributed by atoms with Gasteiger partial charge in [-0.2, -0.15) is 0 Å². The average molecular weight is 267 g/mol. The third-order valence-corrected chi connectivity index (χ3v) is 2.92. The molecule has 2 rings (SSSR count). The van der Waals surface area contributed by atoms with Crippen molar-refractivity contribution in [2.75, 3.05) is 0 Å². The summed E-state index contributed by atoms with van der Waals surface area (Å²) in [4.78, 5) is 7.08. The smallest absolute Gasteiger partial charge is 0.186 e. The summed E-state index contributed by atoms with van der Waals surface area (Å²) in [6.07, 6.45) is 1.36. The summed E-state index contributed by atoms with van der Waals surface area (Å²) in [5, 5.41) is 0. The van der Waals surface area contributed by atoms with Crippen LogP contribution in [-0.2, 0) is 6.42 Å². The SMILES string of the molecule is CC(C)(C)CC(N)Cc1nc2c(F)c(F)ccc2[nH]1. The second-order valence-electron chi connectivity index (χ2n) is 6.17. The summed E-state index contributed by atoms with van der Waals surface area (Å²) >= 11 is 0. The molecule has 1 aromatic carbocycles. The summed E-state index contributed by atoms with van der Waals surface area (Å²) in [5.74, 6) is -1.20. The Labute approximate surface area is 111 Å². The van der Waals surface area contributed by atoms with E-state index in [-0.39, 0.29) is 17.0 Å². The summed E-state index contributed by atoms with van der Waals surface area (Å²) in [7, 11) is 0. The molecule has 3 N–H and O–H groups in total. The van der Waals surface area contributed by atoms with Crippen LogP contribution in [0.3, 0.4) is 0 Å². The van der Waals surface area contributed by atoms with Crippen LogP contribution in [-0.4, -0.2) is 16.0 Å². The largest absolute Gasteiger partial charge is 0.342 e. The monoisotopic (exact) mass is 267 g/mol. The van der Waals surface area contributed by atoms with Gasteiger partial charge in [0.05, 0.1) is 5.52 Å². The molecule has 1 heterocycles. The Morgan fingerprint density at radius 2 is 2.00 bits per heavy atom. The Hall–Kier alpha value is -1.49. The molecule has 2 aromatic rings. The van der Waals surface area contributed by atoms with Crippen molar-refractivity contribution in [1.82, 2.24) is 9.97 Å². The van der Waals surface area contributed by atoms with E-state index >= 15 is 0 Å². The van der Waals surface area contributed by atoms with Gasteiger partial charge in [-0.05, 0) is 24.0 Å². The van der Waals surface area contributed by atoms with Crippen LogP contribution >= 0.6 is 0 Å². The van der Waals surface area contributed by atoms with Crippen LogP contribution in [0.4, 0.5) is 8.78 Å². The third kappa shape index (κ3) is 3.29. The highest BCUT2D eigenvalue weighted by Gasteiger charge is 2.18. The minimum atomic E-state index is -0.913. The number of H-pyrrole nitrogens is 1. The van der Waals surface area contributed by atoms with Crippen LogP contribution in [0.25, 0.3) is 11.0 Å². The molecule has 0 aliphatic rings. The Kier molecular flexibility index (Phi) is 3.58. The number of hydrogen-bond donors (Lipinski definition) is 2. The second-order valence-corrected chi connectivity index (χ2v) is 6.17. The molecule has 0 radical (unpaired) electrons. The second kappa shape index (κ2) is 4.89. The summed E-state index contributed by atoms with van der Waals surface area (Å²) < 4.78 is 26.6. The third-order valence-electron chi connectivity index (χ3n) is 2.92. The molecule has 3 nitrogen and oxygen atoms in total. The van der Waals surface area contributed by atoms with Gasteiger partial charge in [0.2, 0.25) is 0 Å². The van der Waals surface area contributed by atoms with Crippen molar-refractivity contribution >= 4 is 11.0 Å². The standard InChI is InChI=1S/C14H19F2N3/c1-14(2,3)7-8(17)6-11-18-10-5-4-9(15)12(16)13(10)19-11/h4-5,8H,6-7,17H2,1-3H3,(H,18,19). The number of benzene rings is 1. The van der Waals surface area contributed by atoms with Gasteiger partial charge in [0.1, 0.15) is 11.3 Å². The normalized spacial score (nSPS) is 14.0. The molecule has 5 heteroatoms. The number of nitrogens with zero attached hydrogens (tertiary/aromatic N) is 1. The van der Waals surface area contributed by atoms with Crippen LogP contribution in [0, 0.1) is 17.0 Å². The molecule has 1 atom stereocenters. The Bertz CT molecular complexity index is 584. The van der Waals surface area contributed by atoms with Gasteiger partial charge in [-0.3, -0.25) is 0 Å². The van der Waals surface area contributed by atoms with Gasteiger partial charge in [-0.25, -0.2) is 13.8 Å². The van der Waals surface area contributed by atoms with Crippen molar-refractivity contribution in [3.8, 4) is 0 Å². The highest BCUT2D eigenvalue weighted by Crippen LogP contribution is 2.22. The molecule has 0 bridgehead atoms. The highest BCUT2D eigenvalue weighted by molar-refractivity contribution is 5.75. The fourth-order valence-electron chi connectivity index (χ4n) is 2.27. The lowest BCUT2D eigenvalue weighted by Crippen LogP contribution is -2.28. The molecule has 0 spiro atoms. The zero-order valence-electron chi connectivity index (χ0n) is 11.4. The van der Waals surface area contributed by atoms with Gasteiger partial charge in [0, 0.05) is 12.5 Å².